The molecule has 0 bridgehead atoms. The Kier molecular flexibility index (Phi) is 56.5. The fraction of sp³-hybridized carbons (Fsp3) is 0.938. The monoisotopic (exact) mass is 1080 g/mol. The number of phosphoric acid groups is 1. The number of unbranched alkanes of at least 4 members (excludes halogenated alkanes) is 46. The van der Waals surface area contributed by atoms with E-state index in [2.05, 4.69) is 26.0 Å². The number of likely N-dealkylation sites (N-methyl/N-ethyl adjacent to an activating group) is 1. The van der Waals surface area contributed by atoms with Crippen molar-refractivity contribution >= 4 is 19.8 Å². The summed E-state index contributed by atoms with van der Waals surface area (Å²) in [4.78, 5) is 35.8. The molecule has 0 aromatic carbocycles. The van der Waals surface area contributed by atoms with E-state index in [0.29, 0.717) is 23.9 Å². The molecule has 2 unspecified atom stereocenters. The molecule has 0 saturated heterocycles. The number of nitrogens with zero attached hydrogens (tertiary/aromatic N) is 1. The van der Waals surface area contributed by atoms with Crippen molar-refractivity contribution in [3.8, 4) is 0 Å². The van der Waals surface area contributed by atoms with Crippen LogP contribution in [-0.4, -0.2) is 74.9 Å². The van der Waals surface area contributed by atoms with Crippen molar-refractivity contribution in [1.82, 2.24) is 0 Å². The first-order valence-corrected chi connectivity index (χ1v) is 34.4. The zero-order chi connectivity index (χ0) is 54.9. The molecular formula is C65H129NO8P+. The van der Waals surface area contributed by atoms with Crippen molar-refractivity contribution in [2.45, 2.75) is 347 Å². The number of hydrogen-bond donors (Lipinski definition) is 1. The summed E-state index contributed by atoms with van der Waals surface area (Å²) in [7, 11) is 1.50. The topological polar surface area (TPSA) is 108 Å². The van der Waals surface area contributed by atoms with E-state index in [9.17, 15) is 19.0 Å². The Balaban J connectivity index is 4.00. The SMILES string of the molecule is CCCCCCCCCC/C=C\CCCCCCCCCCCC(=O)OC(COC(=O)CCCCCCCCCCCCCCCCCCCCCCCCCCCCCCCC)COP(=O)(O)OCC[N+](C)(C)C. The molecule has 0 radical (unpaired) electrons. The van der Waals surface area contributed by atoms with E-state index in [-0.39, 0.29) is 25.6 Å². The van der Waals surface area contributed by atoms with Crippen molar-refractivity contribution in [2.24, 2.45) is 0 Å². The van der Waals surface area contributed by atoms with Crippen LogP contribution in [0.25, 0.3) is 0 Å². The predicted octanol–water partition coefficient (Wildman–Crippen LogP) is 20.8. The standard InChI is InChI=1S/C65H128NO8P/c1-6-8-10-12-14-16-18-20-22-24-26-28-29-30-31-32-33-34-35-36-38-39-41-43-45-47-49-51-53-55-57-64(67)71-61-63(62-73-75(69,70)72-60-59-66(3,4)5)74-65(68)58-56-54-52-50-48-46-44-42-40-37-27-25-23-21-19-17-15-13-11-9-7-2/h25,27,63H,6-24,26,28-62H2,1-5H3/p+1/b27-25-. The van der Waals surface area contributed by atoms with Gasteiger partial charge >= 0.3 is 19.8 Å². The number of carbonyl (C=O) groups is 2. The van der Waals surface area contributed by atoms with Gasteiger partial charge in [-0.3, -0.25) is 18.6 Å². The fourth-order valence-corrected chi connectivity index (χ4v) is 10.7. The fourth-order valence-electron chi connectivity index (χ4n) is 9.96. The zero-order valence-corrected chi connectivity index (χ0v) is 51.7. The lowest BCUT2D eigenvalue weighted by Crippen LogP contribution is -2.37. The van der Waals surface area contributed by atoms with E-state index in [0.717, 1.165) is 32.1 Å². The van der Waals surface area contributed by atoms with Crippen LogP contribution >= 0.6 is 7.82 Å². The first-order valence-electron chi connectivity index (χ1n) is 32.9. The third-order valence-electron chi connectivity index (χ3n) is 15.0. The van der Waals surface area contributed by atoms with Crippen molar-refractivity contribution < 1.29 is 42.1 Å². The molecule has 446 valence electrons. The van der Waals surface area contributed by atoms with Gasteiger partial charge in [0.1, 0.15) is 19.8 Å². The lowest BCUT2D eigenvalue weighted by atomic mass is 10.0. The van der Waals surface area contributed by atoms with Gasteiger partial charge in [0.25, 0.3) is 0 Å². The Morgan fingerprint density at radius 2 is 0.680 bits per heavy atom. The lowest BCUT2D eigenvalue weighted by Gasteiger charge is -2.24. The summed E-state index contributed by atoms with van der Waals surface area (Å²) < 4.78 is 34.7. The summed E-state index contributed by atoms with van der Waals surface area (Å²) in [5, 5.41) is 0. The number of ether oxygens (including phenoxy) is 2. The third kappa shape index (κ3) is 61.8. The molecule has 0 saturated carbocycles. The highest BCUT2D eigenvalue weighted by atomic mass is 31.2. The molecule has 0 spiro atoms. The second-order valence-corrected chi connectivity index (χ2v) is 25.3. The maximum absolute atomic E-state index is 12.8. The van der Waals surface area contributed by atoms with Crippen LogP contribution in [0, 0.1) is 0 Å². The van der Waals surface area contributed by atoms with Gasteiger partial charge in [-0.1, -0.05) is 302 Å². The molecule has 0 aromatic rings. The number of allylic oxidation sites excluding steroid dienone is 2. The largest absolute Gasteiger partial charge is 0.472 e. The molecule has 75 heavy (non-hydrogen) atoms. The van der Waals surface area contributed by atoms with E-state index in [4.69, 9.17) is 18.5 Å². The van der Waals surface area contributed by atoms with Crippen LogP contribution in [-0.2, 0) is 32.7 Å². The van der Waals surface area contributed by atoms with Crippen molar-refractivity contribution in [3.05, 3.63) is 12.2 Å². The molecule has 0 aromatic heterocycles. The maximum atomic E-state index is 12.8. The summed E-state index contributed by atoms with van der Waals surface area (Å²) >= 11 is 0. The van der Waals surface area contributed by atoms with Gasteiger partial charge in [-0.25, -0.2) is 4.57 Å². The first kappa shape index (κ1) is 73.8. The van der Waals surface area contributed by atoms with Crippen LogP contribution in [0.1, 0.15) is 341 Å². The third-order valence-corrected chi connectivity index (χ3v) is 16.0. The molecule has 10 heteroatoms. The second kappa shape index (κ2) is 57.4. The van der Waals surface area contributed by atoms with Crippen molar-refractivity contribution in [2.75, 3.05) is 47.5 Å². The summed E-state index contributed by atoms with van der Waals surface area (Å²) in [6.07, 6.45) is 68.8. The van der Waals surface area contributed by atoms with Gasteiger partial charge in [0.15, 0.2) is 6.10 Å². The molecule has 9 nitrogen and oxygen atoms in total. The average Bonchev–Trinajstić information content (AvgIpc) is 3.37. The van der Waals surface area contributed by atoms with Crippen LogP contribution in [0.4, 0.5) is 0 Å². The van der Waals surface area contributed by atoms with Crippen molar-refractivity contribution in [1.29, 1.82) is 0 Å². The van der Waals surface area contributed by atoms with Gasteiger partial charge in [-0.05, 0) is 38.5 Å². The number of phosphoric ester groups is 1. The van der Waals surface area contributed by atoms with Crippen LogP contribution in [0.5, 0.6) is 0 Å². The van der Waals surface area contributed by atoms with Gasteiger partial charge in [-0.2, -0.15) is 0 Å². The molecule has 2 atom stereocenters. The smallest absolute Gasteiger partial charge is 0.462 e. The quantitative estimate of drug-likeness (QED) is 0.0211. The van der Waals surface area contributed by atoms with Crippen LogP contribution in [0.2, 0.25) is 0 Å². The minimum atomic E-state index is -4.38. The highest BCUT2D eigenvalue weighted by molar-refractivity contribution is 7.47. The Labute approximate surface area is 466 Å². The summed E-state index contributed by atoms with van der Waals surface area (Å²) in [6.45, 7) is 4.50. The van der Waals surface area contributed by atoms with E-state index in [1.807, 2.05) is 21.1 Å². The number of esters is 2. The van der Waals surface area contributed by atoms with E-state index < -0.39 is 26.5 Å². The van der Waals surface area contributed by atoms with E-state index in [1.54, 1.807) is 0 Å². The van der Waals surface area contributed by atoms with Gasteiger partial charge in [0, 0.05) is 12.8 Å². The number of hydrogen-bond acceptors (Lipinski definition) is 7. The Hall–Kier alpha value is -1.25. The van der Waals surface area contributed by atoms with Gasteiger partial charge in [0.05, 0.1) is 27.7 Å². The van der Waals surface area contributed by atoms with Crippen LogP contribution in [0.3, 0.4) is 0 Å². The normalized spacial score (nSPS) is 13.2. The minimum Gasteiger partial charge on any atom is -0.462 e. The molecule has 0 amide bonds. The van der Waals surface area contributed by atoms with E-state index in [1.165, 1.54) is 276 Å². The Morgan fingerprint density at radius 3 is 0.987 bits per heavy atom. The van der Waals surface area contributed by atoms with Gasteiger partial charge < -0.3 is 18.9 Å². The highest BCUT2D eigenvalue weighted by Gasteiger charge is 2.27. The number of rotatable bonds is 62. The molecule has 0 heterocycles. The predicted molar refractivity (Wildman–Crippen MR) is 321 cm³/mol. The Morgan fingerprint density at radius 1 is 0.400 bits per heavy atom. The molecule has 0 rings (SSSR count). The van der Waals surface area contributed by atoms with Crippen LogP contribution < -0.4 is 0 Å². The molecule has 0 aliphatic heterocycles. The second-order valence-electron chi connectivity index (χ2n) is 23.9. The summed E-state index contributed by atoms with van der Waals surface area (Å²) in [6, 6.07) is 0. The maximum Gasteiger partial charge on any atom is 0.472 e. The van der Waals surface area contributed by atoms with Gasteiger partial charge in [0.2, 0.25) is 0 Å². The first-order chi connectivity index (χ1) is 36.5. The molecule has 0 aliphatic rings. The summed E-state index contributed by atoms with van der Waals surface area (Å²) in [5.74, 6) is -0.778. The molecule has 0 aliphatic carbocycles. The lowest BCUT2D eigenvalue weighted by molar-refractivity contribution is -0.870. The molecular weight excluding hydrogens is 954 g/mol. The molecule has 0 fully saturated rings. The zero-order valence-electron chi connectivity index (χ0n) is 50.8. The summed E-state index contributed by atoms with van der Waals surface area (Å²) in [5.41, 5.74) is 0. The van der Waals surface area contributed by atoms with Gasteiger partial charge in [-0.15, -0.1) is 0 Å². The number of carbonyl (C=O) groups excluding carboxylic acids is 2. The Bertz CT molecular complexity index is 1270. The highest BCUT2D eigenvalue weighted by Crippen LogP contribution is 2.43. The average molecular weight is 1080 g/mol. The van der Waals surface area contributed by atoms with Crippen LogP contribution in [0.15, 0.2) is 12.2 Å². The number of quaternary nitrogens is 1. The minimum absolute atomic E-state index is 0.0352. The molecule has 1 N–H and O–H groups in total. The van der Waals surface area contributed by atoms with E-state index >= 15 is 0 Å². The van der Waals surface area contributed by atoms with Crippen molar-refractivity contribution in [3.63, 3.8) is 0 Å².